The molecule has 0 radical (unpaired) electrons. The third-order valence-corrected chi connectivity index (χ3v) is 10.2. The van der Waals surface area contributed by atoms with E-state index in [0.29, 0.717) is 42.0 Å². The fourth-order valence-corrected chi connectivity index (χ4v) is 7.71. The van der Waals surface area contributed by atoms with Gasteiger partial charge in [-0.15, -0.1) is 0 Å². The largest absolute Gasteiger partial charge is 0.465 e. The third-order valence-electron chi connectivity index (χ3n) is 9.74. The van der Waals surface area contributed by atoms with Gasteiger partial charge in [-0.1, -0.05) is 66.2 Å². The molecule has 4 amide bonds. The van der Waals surface area contributed by atoms with E-state index < -0.39 is 35.5 Å². The molecule has 1 heterocycles. The van der Waals surface area contributed by atoms with Crippen LogP contribution in [0.25, 0.3) is 0 Å². The average molecular weight is 657 g/mol. The maximum Gasteiger partial charge on any atom is 0.405 e. The quantitative estimate of drug-likeness (QED) is 0.207. The number of fused-ring (bicyclic) bond motifs is 1. The van der Waals surface area contributed by atoms with Gasteiger partial charge in [0.25, 0.3) is 0 Å². The summed E-state index contributed by atoms with van der Waals surface area (Å²) in [6, 6.07) is 19.7. The summed E-state index contributed by atoms with van der Waals surface area (Å²) in [7, 11) is 0. The standard InChI is InChI=1S/C36H37ClN4O6/c1-22-15-26(11-12-27(22)37)38-32(44)28(17-35-19-36(20-35,21-35)40-34(46)47)39-33(45)29-16-24-9-5-6-10-25(24)18-41(29)31(43)14-13-30(42)23-7-3-2-4-8-23/h2-12,15,28-29,40H,13-14,16-21H2,1H3,(H,38,44)(H,39,45)(H,46,47). The summed E-state index contributed by atoms with van der Waals surface area (Å²) in [6.07, 6.45) is 1.22. The topological polar surface area (TPSA) is 145 Å². The lowest BCUT2D eigenvalue weighted by molar-refractivity contribution is -0.162. The summed E-state index contributed by atoms with van der Waals surface area (Å²) >= 11 is 6.18. The normalized spacial score (nSPS) is 22.9. The Morgan fingerprint density at radius 1 is 0.936 bits per heavy atom. The molecule has 4 aliphatic rings. The van der Waals surface area contributed by atoms with E-state index in [-0.39, 0.29) is 42.9 Å². The molecule has 2 bridgehead atoms. The van der Waals surface area contributed by atoms with Crippen molar-refractivity contribution in [3.05, 3.63) is 100 Å². The Bertz CT molecular complexity index is 1720. The molecule has 3 saturated carbocycles. The zero-order chi connectivity index (χ0) is 33.3. The monoisotopic (exact) mass is 656 g/mol. The van der Waals surface area contributed by atoms with Crippen LogP contribution in [-0.4, -0.2) is 57.2 Å². The van der Waals surface area contributed by atoms with Crippen LogP contribution in [0.1, 0.15) is 65.6 Å². The van der Waals surface area contributed by atoms with Crippen molar-refractivity contribution in [3.63, 3.8) is 0 Å². The van der Waals surface area contributed by atoms with E-state index in [2.05, 4.69) is 16.0 Å². The molecule has 3 aliphatic carbocycles. The molecule has 2 unspecified atom stereocenters. The number of benzene rings is 3. The van der Waals surface area contributed by atoms with E-state index in [0.717, 1.165) is 16.7 Å². The number of nitrogens with one attached hydrogen (secondary N) is 3. The Balaban J connectivity index is 1.20. The highest BCUT2D eigenvalue weighted by Crippen LogP contribution is 2.69. The second-order valence-electron chi connectivity index (χ2n) is 13.3. The number of ketones is 1. The fraction of sp³-hybridized carbons (Fsp3) is 0.361. The molecule has 0 saturated heterocycles. The Morgan fingerprint density at radius 2 is 1.62 bits per heavy atom. The lowest BCUT2D eigenvalue weighted by atomic mass is 9.38. The minimum atomic E-state index is -1.08. The molecule has 0 aromatic heterocycles. The molecule has 244 valence electrons. The number of aryl methyl sites for hydroxylation is 1. The number of amides is 4. The van der Waals surface area contributed by atoms with Crippen LogP contribution in [0.5, 0.6) is 0 Å². The molecule has 47 heavy (non-hydrogen) atoms. The Hall–Kier alpha value is -4.70. The molecule has 2 atom stereocenters. The number of anilines is 1. The zero-order valence-corrected chi connectivity index (χ0v) is 26.8. The van der Waals surface area contributed by atoms with Crippen molar-refractivity contribution in [2.24, 2.45) is 5.41 Å². The molecular formula is C36H37ClN4O6. The number of carbonyl (C=O) groups excluding carboxylic acids is 4. The number of hydrogen-bond donors (Lipinski definition) is 4. The van der Waals surface area contributed by atoms with Gasteiger partial charge in [-0.2, -0.15) is 0 Å². The fourth-order valence-electron chi connectivity index (χ4n) is 7.59. The highest BCUT2D eigenvalue weighted by Gasteiger charge is 2.69. The van der Waals surface area contributed by atoms with Gasteiger partial charge in [-0.05, 0) is 72.9 Å². The Morgan fingerprint density at radius 3 is 2.30 bits per heavy atom. The van der Waals surface area contributed by atoms with Crippen molar-refractivity contribution in [1.82, 2.24) is 15.5 Å². The van der Waals surface area contributed by atoms with Crippen LogP contribution >= 0.6 is 11.6 Å². The number of rotatable bonds is 11. The van der Waals surface area contributed by atoms with Crippen molar-refractivity contribution in [1.29, 1.82) is 0 Å². The maximum atomic E-state index is 14.1. The van der Waals surface area contributed by atoms with Gasteiger partial charge in [0, 0.05) is 47.6 Å². The van der Waals surface area contributed by atoms with Crippen LogP contribution in [0, 0.1) is 12.3 Å². The first-order valence-electron chi connectivity index (χ1n) is 15.8. The molecule has 4 N–H and O–H groups in total. The molecule has 11 heteroatoms. The summed E-state index contributed by atoms with van der Waals surface area (Å²) in [5.41, 5.74) is 2.96. The van der Waals surface area contributed by atoms with Gasteiger partial charge in [0.2, 0.25) is 17.7 Å². The summed E-state index contributed by atoms with van der Waals surface area (Å²) in [5, 5.41) is 18.3. The molecular weight excluding hydrogens is 620 g/mol. The van der Waals surface area contributed by atoms with E-state index in [9.17, 15) is 29.1 Å². The summed E-state index contributed by atoms with van der Waals surface area (Å²) in [5.74, 6) is -1.34. The van der Waals surface area contributed by atoms with Gasteiger partial charge in [-0.3, -0.25) is 19.2 Å². The van der Waals surface area contributed by atoms with Gasteiger partial charge in [0.15, 0.2) is 5.78 Å². The minimum Gasteiger partial charge on any atom is -0.465 e. The van der Waals surface area contributed by atoms with E-state index in [1.54, 1.807) is 42.5 Å². The predicted octanol–water partition coefficient (Wildman–Crippen LogP) is 5.27. The SMILES string of the molecule is Cc1cc(NC(=O)C(CC23CC(NC(=O)O)(C2)C3)NC(=O)C2Cc3ccccc3CN2C(=O)CCC(=O)c2ccccc2)ccc1Cl. The minimum absolute atomic E-state index is 0.00945. The van der Waals surface area contributed by atoms with Crippen LogP contribution in [0.15, 0.2) is 72.8 Å². The van der Waals surface area contributed by atoms with Crippen LogP contribution in [0.3, 0.4) is 0 Å². The van der Waals surface area contributed by atoms with Crippen molar-refractivity contribution in [2.75, 3.05) is 5.32 Å². The van der Waals surface area contributed by atoms with E-state index in [4.69, 9.17) is 11.6 Å². The number of Topliss-reactive ketones (excluding diaryl/α,β-unsaturated/α-hetero) is 1. The summed E-state index contributed by atoms with van der Waals surface area (Å²) < 4.78 is 0. The van der Waals surface area contributed by atoms with E-state index >= 15 is 0 Å². The average Bonchev–Trinajstić information content (AvgIpc) is 3.02. The molecule has 3 aromatic rings. The van der Waals surface area contributed by atoms with Crippen molar-refractivity contribution in [2.45, 2.75) is 76.0 Å². The summed E-state index contributed by atoms with van der Waals surface area (Å²) in [4.78, 5) is 67.1. The van der Waals surface area contributed by atoms with Crippen molar-refractivity contribution >= 4 is 46.9 Å². The second kappa shape index (κ2) is 12.8. The number of carboxylic acid groups (broad SMARTS) is 1. The van der Waals surface area contributed by atoms with Crippen LogP contribution in [0.4, 0.5) is 10.5 Å². The smallest absolute Gasteiger partial charge is 0.405 e. The van der Waals surface area contributed by atoms with Crippen LogP contribution < -0.4 is 16.0 Å². The number of carbonyl (C=O) groups is 5. The van der Waals surface area contributed by atoms with Gasteiger partial charge >= 0.3 is 6.09 Å². The second-order valence-corrected chi connectivity index (χ2v) is 13.7. The predicted molar refractivity (Wildman–Crippen MR) is 176 cm³/mol. The lowest BCUT2D eigenvalue weighted by Gasteiger charge is -2.71. The molecule has 7 rings (SSSR count). The number of nitrogens with zero attached hydrogens (tertiary/aromatic N) is 1. The van der Waals surface area contributed by atoms with Crippen LogP contribution in [-0.2, 0) is 27.3 Å². The highest BCUT2D eigenvalue weighted by atomic mass is 35.5. The maximum absolute atomic E-state index is 14.1. The Kier molecular flexibility index (Phi) is 8.80. The van der Waals surface area contributed by atoms with E-state index in [1.807, 2.05) is 37.3 Å². The molecule has 0 spiro atoms. The van der Waals surface area contributed by atoms with Gasteiger partial charge in [-0.25, -0.2) is 4.79 Å². The van der Waals surface area contributed by atoms with Crippen LogP contribution in [0.2, 0.25) is 5.02 Å². The van der Waals surface area contributed by atoms with Gasteiger partial charge < -0.3 is 26.0 Å². The Labute approximate surface area is 277 Å². The van der Waals surface area contributed by atoms with Gasteiger partial charge in [0.1, 0.15) is 12.1 Å². The lowest BCUT2D eigenvalue weighted by Crippen LogP contribution is -2.75. The number of halogens is 1. The van der Waals surface area contributed by atoms with Gasteiger partial charge in [0.05, 0.1) is 0 Å². The number of hydrogen-bond acceptors (Lipinski definition) is 5. The van der Waals surface area contributed by atoms with E-state index in [1.165, 1.54) is 4.90 Å². The van der Waals surface area contributed by atoms with Crippen molar-refractivity contribution in [3.8, 4) is 0 Å². The zero-order valence-electron chi connectivity index (χ0n) is 26.1. The molecule has 1 aliphatic heterocycles. The highest BCUT2D eigenvalue weighted by molar-refractivity contribution is 6.31. The van der Waals surface area contributed by atoms with Crippen molar-refractivity contribution < 1.29 is 29.1 Å². The first kappa shape index (κ1) is 32.2. The first-order chi connectivity index (χ1) is 22.4. The molecule has 10 nitrogen and oxygen atoms in total. The first-order valence-corrected chi connectivity index (χ1v) is 16.2. The molecule has 3 fully saturated rings. The molecule has 3 aromatic carbocycles. The summed E-state index contributed by atoms with van der Waals surface area (Å²) in [6.45, 7) is 2.04. The third kappa shape index (κ3) is 6.88.